The van der Waals surface area contributed by atoms with Gasteiger partial charge < -0.3 is 22.2 Å². The van der Waals surface area contributed by atoms with Crippen LogP contribution in [0.15, 0.2) is 330 Å². The van der Waals surface area contributed by atoms with Gasteiger partial charge in [0, 0.05) is 120 Å². The van der Waals surface area contributed by atoms with E-state index >= 15 is 0 Å². The third-order valence-electron chi connectivity index (χ3n) is 22.2. The predicted molar refractivity (Wildman–Crippen MR) is 435 cm³/mol. The van der Waals surface area contributed by atoms with Crippen LogP contribution in [0.25, 0.3) is 238 Å². The standard InChI is InChI=1S/C96H53N9O2/c1-5-22-54(23-6-1)62-44-46-70(96-100-91(55-24-7-2-8-25-55)97-92(101-96)56-26-9-3-10-27-56)87-75-51-81-73(53-84(75)107-90(62)87)67-45-43-61(86-68-34-15-18-40-78(68)105(81)89(67)86)58-42-47-79-71(49-58)64-33-14-16-38-76(64)103(79)60-31-19-30-59(48-60)94-98-93(57-28-11-4-12-29-57)99-95(102-94)69-37-21-41-82-85(69)74-50-80-72(52-83(74)106-82)66-36-20-35-65-63-32-13-17-39-77(63)104(80)88(65)66/h1-53H. The number of para-hydroxylation sites is 4. The van der Waals surface area contributed by atoms with Crippen molar-refractivity contribution in [3.05, 3.63) is 322 Å². The van der Waals surface area contributed by atoms with E-state index in [0.717, 1.165) is 165 Å². The van der Waals surface area contributed by atoms with Gasteiger partial charge in [0.15, 0.2) is 34.9 Å². The lowest BCUT2D eigenvalue weighted by molar-refractivity contribution is 0.669. The number of benzene rings is 15. The molecule has 0 aliphatic carbocycles. The summed E-state index contributed by atoms with van der Waals surface area (Å²) >= 11 is 0. The maximum absolute atomic E-state index is 7.25. The highest BCUT2D eigenvalue weighted by molar-refractivity contribution is 6.30. The van der Waals surface area contributed by atoms with Crippen LogP contribution in [0.4, 0.5) is 0 Å². The van der Waals surface area contributed by atoms with Gasteiger partial charge in [0.25, 0.3) is 0 Å². The first kappa shape index (κ1) is 57.9. The summed E-state index contributed by atoms with van der Waals surface area (Å²) in [6.07, 6.45) is 0. The summed E-state index contributed by atoms with van der Waals surface area (Å²) in [6.45, 7) is 0. The maximum Gasteiger partial charge on any atom is 0.164 e. The van der Waals surface area contributed by atoms with Crippen molar-refractivity contribution in [3.63, 3.8) is 0 Å². The smallest absolute Gasteiger partial charge is 0.164 e. The summed E-state index contributed by atoms with van der Waals surface area (Å²) in [6, 6.07) is 114. The Morgan fingerprint density at radius 3 is 1.32 bits per heavy atom. The minimum atomic E-state index is 0.558. The zero-order valence-corrected chi connectivity index (χ0v) is 56.9. The van der Waals surface area contributed by atoms with Gasteiger partial charge in [-0.3, -0.25) is 0 Å². The number of fused-ring (bicyclic) bond motifs is 21. The Morgan fingerprint density at radius 2 is 0.654 bits per heavy atom. The normalized spacial score (nSPS) is 12.3. The second-order valence-electron chi connectivity index (χ2n) is 28.0. The van der Waals surface area contributed by atoms with Crippen LogP contribution < -0.4 is 0 Å². The molecule has 0 radical (unpaired) electrons. The fourth-order valence-electron chi connectivity index (χ4n) is 17.6. The monoisotopic (exact) mass is 1360 g/mol. The van der Waals surface area contributed by atoms with Crippen LogP contribution in [0.3, 0.4) is 0 Å². The van der Waals surface area contributed by atoms with E-state index in [0.29, 0.717) is 34.9 Å². The topological polar surface area (TPSA) is 117 Å². The quantitative estimate of drug-likeness (QED) is 0.140. The van der Waals surface area contributed by atoms with Gasteiger partial charge in [0.1, 0.15) is 22.3 Å². The van der Waals surface area contributed by atoms with Crippen molar-refractivity contribution in [2.24, 2.45) is 0 Å². The average Bonchev–Trinajstić information content (AvgIpc) is 1.53. The van der Waals surface area contributed by atoms with E-state index in [1.165, 1.54) is 38.0 Å². The van der Waals surface area contributed by atoms with Crippen LogP contribution in [-0.4, -0.2) is 43.3 Å². The van der Waals surface area contributed by atoms with Crippen LogP contribution in [0.5, 0.6) is 0 Å². The second kappa shape index (κ2) is 21.9. The van der Waals surface area contributed by atoms with E-state index in [4.69, 9.17) is 38.7 Å². The molecule has 24 aromatic rings. The van der Waals surface area contributed by atoms with Crippen molar-refractivity contribution in [2.45, 2.75) is 0 Å². The Bertz CT molecular complexity index is 7810. The lowest BCUT2D eigenvalue weighted by Crippen LogP contribution is -2.01. The molecule has 494 valence electrons. The van der Waals surface area contributed by atoms with E-state index in [1.54, 1.807) is 0 Å². The summed E-state index contributed by atoms with van der Waals surface area (Å²) in [5.41, 5.74) is 22.8. The fourth-order valence-corrected chi connectivity index (χ4v) is 17.6. The van der Waals surface area contributed by atoms with Crippen LogP contribution in [-0.2, 0) is 0 Å². The van der Waals surface area contributed by atoms with Gasteiger partial charge >= 0.3 is 0 Å². The van der Waals surface area contributed by atoms with Crippen molar-refractivity contribution in [1.29, 1.82) is 0 Å². The van der Waals surface area contributed by atoms with Crippen molar-refractivity contribution < 1.29 is 8.83 Å². The summed E-state index contributed by atoms with van der Waals surface area (Å²) < 4.78 is 21.3. The fraction of sp³-hybridized carbons (Fsp3) is 0. The number of hydrogen-bond acceptors (Lipinski definition) is 8. The molecule has 0 spiro atoms. The van der Waals surface area contributed by atoms with Gasteiger partial charge in [-0.05, 0) is 102 Å². The molecule has 11 heteroatoms. The van der Waals surface area contributed by atoms with Crippen molar-refractivity contribution in [3.8, 4) is 96.3 Å². The number of rotatable bonds is 9. The van der Waals surface area contributed by atoms with Gasteiger partial charge in [-0.2, -0.15) is 0 Å². The Morgan fingerprint density at radius 1 is 0.206 bits per heavy atom. The molecule has 0 atom stereocenters. The third-order valence-corrected chi connectivity index (χ3v) is 22.2. The second-order valence-corrected chi connectivity index (χ2v) is 28.0. The van der Waals surface area contributed by atoms with Crippen molar-refractivity contribution in [1.82, 2.24) is 43.3 Å². The Hall–Kier alpha value is -14.7. The summed E-state index contributed by atoms with van der Waals surface area (Å²) in [4.78, 5) is 31.7. The molecule has 0 unspecified atom stereocenters. The average molecular weight is 1360 g/mol. The highest BCUT2D eigenvalue weighted by Crippen LogP contribution is 2.50. The highest BCUT2D eigenvalue weighted by Gasteiger charge is 2.28. The molecular weight excluding hydrogens is 1310 g/mol. The molecule has 11 nitrogen and oxygen atoms in total. The minimum Gasteiger partial charge on any atom is -0.456 e. The van der Waals surface area contributed by atoms with Gasteiger partial charge in [0.05, 0.1) is 44.1 Å². The van der Waals surface area contributed by atoms with E-state index in [2.05, 4.69) is 238 Å². The zero-order valence-electron chi connectivity index (χ0n) is 56.9. The molecule has 0 saturated carbocycles. The number of furan rings is 2. The molecule has 0 amide bonds. The number of hydrogen-bond donors (Lipinski definition) is 0. The van der Waals surface area contributed by atoms with Crippen LogP contribution in [0.2, 0.25) is 0 Å². The minimum absolute atomic E-state index is 0.558. The van der Waals surface area contributed by atoms with Gasteiger partial charge in [-0.1, -0.05) is 237 Å². The maximum atomic E-state index is 7.25. The SMILES string of the molecule is c1ccc(-c2nc(-c3cccc(-n4c5ccccc5c5cc(-c6ccc7c8cc9oc%10c(-c%11ccccc%11)ccc(-c%11nc(-c%12ccccc%12)nc(-c%12ccccc%12)n%11)c%10c9cc8n8c9ccccc9c6c78)ccc54)c3)nc(-c3cccc4oc5cc6c7cccc8c9ccccc9n(c6cc5c34)c87)n2)cc1. The van der Waals surface area contributed by atoms with E-state index in [-0.39, 0.29) is 0 Å². The van der Waals surface area contributed by atoms with Crippen LogP contribution >= 0.6 is 0 Å². The molecule has 0 N–H and O–H groups in total. The van der Waals surface area contributed by atoms with E-state index in [9.17, 15) is 0 Å². The molecule has 0 saturated heterocycles. The van der Waals surface area contributed by atoms with Crippen molar-refractivity contribution >= 4 is 142 Å². The number of aromatic nitrogens is 9. The third kappa shape index (κ3) is 8.35. The van der Waals surface area contributed by atoms with Gasteiger partial charge in [0.2, 0.25) is 0 Å². The first-order valence-corrected chi connectivity index (χ1v) is 36.1. The molecule has 9 aromatic heterocycles. The summed E-state index contributed by atoms with van der Waals surface area (Å²) in [7, 11) is 0. The molecular formula is C96H53N9O2. The Balaban J connectivity index is 0.656. The van der Waals surface area contributed by atoms with Crippen LogP contribution in [0.1, 0.15) is 0 Å². The molecule has 24 rings (SSSR count). The molecule has 0 bridgehead atoms. The molecule has 0 fully saturated rings. The Labute approximate surface area is 608 Å². The molecule has 9 heterocycles. The Kier molecular flexibility index (Phi) is 11.9. The largest absolute Gasteiger partial charge is 0.456 e. The highest BCUT2D eigenvalue weighted by atomic mass is 16.3. The van der Waals surface area contributed by atoms with Crippen LogP contribution in [0, 0.1) is 0 Å². The zero-order chi connectivity index (χ0) is 69.7. The lowest BCUT2D eigenvalue weighted by Gasteiger charge is -2.12. The molecule has 107 heavy (non-hydrogen) atoms. The van der Waals surface area contributed by atoms with Gasteiger partial charge in [-0.25, -0.2) is 29.9 Å². The lowest BCUT2D eigenvalue weighted by atomic mass is 9.95. The first-order valence-electron chi connectivity index (χ1n) is 36.1. The summed E-state index contributed by atoms with van der Waals surface area (Å²) in [5.74, 6) is 3.45. The van der Waals surface area contributed by atoms with Crippen molar-refractivity contribution in [2.75, 3.05) is 0 Å². The molecule has 0 aliphatic heterocycles. The number of nitrogens with zero attached hydrogens (tertiary/aromatic N) is 9. The summed E-state index contributed by atoms with van der Waals surface area (Å²) in [5, 5.41) is 15.6. The van der Waals surface area contributed by atoms with Gasteiger partial charge in [-0.15, -0.1) is 0 Å². The van der Waals surface area contributed by atoms with E-state index in [1.807, 2.05) is 97.1 Å². The molecule has 15 aromatic carbocycles. The first-order chi connectivity index (χ1) is 53.0. The van der Waals surface area contributed by atoms with E-state index < -0.39 is 0 Å². The predicted octanol–water partition coefficient (Wildman–Crippen LogP) is 24.6. The molecule has 0 aliphatic rings.